The monoisotopic (exact) mass is 473 g/mol. The van der Waals surface area contributed by atoms with Gasteiger partial charge in [0.25, 0.3) is 5.91 Å². The molecule has 0 saturated carbocycles. The lowest BCUT2D eigenvalue weighted by Crippen LogP contribution is -2.60. The summed E-state index contributed by atoms with van der Waals surface area (Å²) in [4.78, 5) is 37.0. The highest BCUT2D eigenvalue weighted by Crippen LogP contribution is 2.26. The molecule has 1 unspecified atom stereocenters. The number of nitrogens with zero attached hydrogens (tertiary/aromatic N) is 1. The van der Waals surface area contributed by atoms with E-state index >= 15 is 0 Å². The van der Waals surface area contributed by atoms with E-state index in [1.54, 1.807) is 0 Å². The number of hydrogen-bond acceptors (Lipinski definition) is 7. The average Bonchev–Trinajstić information content (AvgIpc) is 2.70. The van der Waals surface area contributed by atoms with Crippen molar-refractivity contribution < 1.29 is 29.0 Å². The summed E-state index contributed by atoms with van der Waals surface area (Å²) in [6.07, 6.45) is 0.974. The largest absolute Gasteiger partial charge is 0.460 e. The number of nitrogens with one attached hydrogen (secondary N) is 2. The molecule has 0 aliphatic carbocycles. The Labute approximate surface area is 184 Å². The predicted octanol–water partition coefficient (Wildman–Crippen LogP) is 0.688. The number of carbonyl (C=O) groups is 3. The zero-order valence-electron chi connectivity index (χ0n) is 16.0. The lowest BCUT2D eigenvalue weighted by atomic mass is 9.93. The first-order valence-electron chi connectivity index (χ1n) is 9.45. The van der Waals surface area contributed by atoms with E-state index in [4.69, 9.17) is 44.3 Å². The maximum atomic E-state index is 12.6. The SMILES string of the molecule is C[C@H](NC(=O)C(O)C1CCOCC1)C(=O)N1CCC[C@@H](C(=O)OCC(Cl)(Cl)Cl)N1. The molecule has 3 atom stereocenters. The molecule has 12 heteroatoms. The molecule has 2 heterocycles. The van der Waals surface area contributed by atoms with Crippen molar-refractivity contribution in [3.8, 4) is 0 Å². The Morgan fingerprint density at radius 1 is 1.28 bits per heavy atom. The van der Waals surface area contributed by atoms with Crippen LogP contribution in [0, 0.1) is 5.92 Å². The summed E-state index contributed by atoms with van der Waals surface area (Å²) in [6.45, 7) is 2.46. The molecule has 2 aliphatic heterocycles. The number of esters is 1. The van der Waals surface area contributed by atoms with Gasteiger partial charge in [-0.2, -0.15) is 0 Å². The first-order chi connectivity index (χ1) is 13.6. The first-order valence-corrected chi connectivity index (χ1v) is 10.6. The minimum absolute atomic E-state index is 0.198. The number of hydrogen-bond donors (Lipinski definition) is 3. The summed E-state index contributed by atoms with van der Waals surface area (Å²) in [7, 11) is 0. The van der Waals surface area contributed by atoms with E-state index in [1.165, 1.54) is 11.9 Å². The van der Waals surface area contributed by atoms with Crippen molar-refractivity contribution in [3.63, 3.8) is 0 Å². The van der Waals surface area contributed by atoms with Crippen molar-refractivity contribution in [2.45, 2.75) is 54.6 Å². The van der Waals surface area contributed by atoms with Crippen molar-refractivity contribution in [2.24, 2.45) is 5.92 Å². The number of rotatable bonds is 6. The lowest BCUT2D eigenvalue weighted by molar-refractivity contribution is -0.153. The van der Waals surface area contributed by atoms with Gasteiger partial charge in [-0.05, 0) is 38.5 Å². The van der Waals surface area contributed by atoms with Crippen molar-refractivity contribution in [1.29, 1.82) is 0 Å². The van der Waals surface area contributed by atoms with E-state index in [0.29, 0.717) is 45.4 Å². The van der Waals surface area contributed by atoms with Crippen molar-refractivity contribution in [3.05, 3.63) is 0 Å². The minimum Gasteiger partial charge on any atom is -0.460 e. The Kier molecular flexibility index (Phi) is 9.24. The molecule has 0 bridgehead atoms. The number of aliphatic hydroxyl groups is 1. The topological polar surface area (TPSA) is 117 Å². The molecule has 0 spiro atoms. The number of amides is 2. The van der Waals surface area contributed by atoms with Crippen LogP contribution in [0.25, 0.3) is 0 Å². The normalized spacial score (nSPS) is 23.2. The van der Waals surface area contributed by atoms with Crippen LogP contribution < -0.4 is 10.7 Å². The minimum atomic E-state index is -1.72. The maximum Gasteiger partial charge on any atom is 0.325 e. The van der Waals surface area contributed by atoms with E-state index < -0.39 is 46.4 Å². The molecule has 29 heavy (non-hydrogen) atoms. The number of carbonyl (C=O) groups excluding carboxylic acids is 3. The summed E-state index contributed by atoms with van der Waals surface area (Å²) < 4.78 is 8.45. The second kappa shape index (κ2) is 11.0. The Balaban J connectivity index is 1.84. The van der Waals surface area contributed by atoms with Crippen LogP contribution in [0.1, 0.15) is 32.6 Å². The van der Waals surface area contributed by atoms with E-state index in [2.05, 4.69) is 10.7 Å². The van der Waals surface area contributed by atoms with Gasteiger partial charge in [0.15, 0.2) is 0 Å². The quantitative estimate of drug-likeness (QED) is 0.383. The third kappa shape index (κ3) is 7.73. The molecule has 0 aromatic carbocycles. The number of halogens is 3. The smallest absolute Gasteiger partial charge is 0.325 e. The molecule has 2 amide bonds. The second-order valence-corrected chi connectivity index (χ2v) is 9.68. The van der Waals surface area contributed by atoms with E-state index in [0.717, 1.165) is 0 Å². The highest BCUT2D eigenvalue weighted by atomic mass is 35.6. The maximum absolute atomic E-state index is 12.6. The van der Waals surface area contributed by atoms with Crippen molar-refractivity contribution in [2.75, 3.05) is 26.4 Å². The van der Waals surface area contributed by atoms with E-state index in [-0.39, 0.29) is 5.92 Å². The van der Waals surface area contributed by atoms with Gasteiger partial charge in [0.1, 0.15) is 24.8 Å². The Bertz CT molecular complexity index is 597. The molecule has 0 aromatic rings. The van der Waals surface area contributed by atoms with Gasteiger partial charge in [0.2, 0.25) is 9.70 Å². The van der Waals surface area contributed by atoms with Gasteiger partial charge in [-0.15, -0.1) is 0 Å². The van der Waals surface area contributed by atoms with Gasteiger partial charge in [-0.25, -0.2) is 5.43 Å². The van der Waals surface area contributed by atoms with Gasteiger partial charge in [0, 0.05) is 19.8 Å². The van der Waals surface area contributed by atoms with Crippen LogP contribution in [0.15, 0.2) is 0 Å². The molecule has 2 fully saturated rings. The van der Waals surface area contributed by atoms with Crippen LogP contribution in [-0.4, -0.2) is 76.2 Å². The van der Waals surface area contributed by atoms with E-state index in [9.17, 15) is 19.5 Å². The summed E-state index contributed by atoms with van der Waals surface area (Å²) >= 11 is 16.7. The number of alkyl halides is 3. The third-order valence-corrected chi connectivity index (χ3v) is 5.15. The number of aliphatic hydroxyl groups excluding tert-OH is 1. The molecule has 9 nitrogen and oxygen atoms in total. The molecule has 166 valence electrons. The molecular weight excluding hydrogens is 449 g/mol. The van der Waals surface area contributed by atoms with Crippen molar-refractivity contribution in [1.82, 2.24) is 15.8 Å². The van der Waals surface area contributed by atoms with Gasteiger partial charge >= 0.3 is 5.97 Å². The summed E-state index contributed by atoms with van der Waals surface area (Å²) in [5, 5.41) is 14.0. The average molecular weight is 475 g/mol. The zero-order valence-corrected chi connectivity index (χ0v) is 18.3. The van der Waals surface area contributed by atoms with Gasteiger partial charge in [0.05, 0.1) is 0 Å². The highest BCUT2D eigenvalue weighted by molar-refractivity contribution is 6.67. The molecular formula is C17H26Cl3N3O6. The number of ether oxygens (including phenoxy) is 2. The molecule has 0 aromatic heterocycles. The standard InChI is InChI=1S/C17H26Cl3N3O6/c1-10(21-14(25)13(24)11-4-7-28-8-5-11)15(26)23-6-2-3-12(22-23)16(27)29-9-17(18,19)20/h10-13,22,24H,2-9H2,1H3,(H,21,25)/t10-,12-,13?/m0/s1. The van der Waals surface area contributed by atoms with Crippen LogP contribution in [0.4, 0.5) is 0 Å². The fourth-order valence-corrected chi connectivity index (χ4v) is 3.37. The summed E-state index contributed by atoms with van der Waals surface area (Å²) in [6, 6.07) is -1.66. The van der Waals surface area contributed by atoms with E-state index in [1.807, 2.05) is 0 Å². The number of hydrazine groups is 1. The van der Waals surface area contributed by atoms with Gasteiger partial charge < -0.3 is 19.9 Å². The highest BCUT2D eigenvalue weighted by Gasteiger charge is 2.34. The fraction of sp³-hybridized carbons (Fsp3) is 0.824. The molecule has 2 saturated heterocycles. The fourth-order valence-electron chi connectivity index (χ4n) is 3.21. The second-order valence-electron chi connectivity index (χ2n) is 7.16. The Morgan fingerprint density at radius 3 is 2.55 bits per heavy atom. The van der Waals surface area contributed by atoms with Gasteiger partial charge in [-0.1, -0.05) is 34.8 Å². The third-order valence-electron chi connectivity index (χ3n) is 4.83. The summed E-state index contributed by atoms with van der Waals surface area (Å²) in [5.74, 6) is -1.87. The molecule has 2 aliphatic rings. The molecule has 3 N–H and O–H groups in total. The molecule has 2 rings (SSSR count). The van der Waals surface area contributed by atoms with Gasteiger partial charge in [-0.3, -0.25) is 19.4 Å². The van der Waals surface area contributed by atoms with Crippen LogP contribution in [0.3, 0.4) is 0 Å². The summed E-state index contributed by atoms with van der Waals surface area (Å²) in [5.41, 5.74) is 2.79. The Morgan fingerprint density at radius 2 is 1.93 bits per heavy atom. The first kappa shape index (κ1) is 24.4. The van der Waals surface area contributed by atoms with Crippen LogP contribution in [0.5, 0.6) is 0 Å². The lowest BCUT2D eigenvalue weighted by Gasteiger charge is -2.34. The zero-order chi connectivity index (χ0) is 21.6. The van der Waals surface area contributed by atoms with Crippen molar-refractivity contribution >= 4 is 52.6 Å². The van der Waals surface area contributed by atoms with Crippen LogP contribution >= 0.6 is 34.8 Å². The predicted molar refractivity (Wildman–Crippen MR) is 106 cm³/mol. The van der Waals surface area contributed by atoms with Crippen LogP contribution in [-0.2, 0) is 23.9 Å². The molecule has 0 radical (unpaired) electrons. The Hall–Kier alpha value is -0.840. The van der Waals surface area contributed by atoms with Crippen LogP contribution in [0.2, 0.25) is 0 Å².